The number of aromatic nitrogens is 1. The van der Waals surface area contributed by atoms with Crippen LogP contribution in [-0.2, 0) is 31.0 Å². The minimum absolute atomic E-state index is 0.0222. The van der Waals surface area contributed by atoms with Crippen molar-refractivity contribution in [2.75, 3.05) is 11.0 Å². The Morgan fingerprint density at radius 3 is 2.24 bits per heavy atom. The van der Waals surface area contributed by atoms with Crippen LogP contribution < -0.4 is 4.72 Å². The monoisotopic (exact) mass is 520 g/mol. The number of nitrogens with one attached hydrogen (secondary N) is 1. The normalized spacial score (nSPS) is 12.4. The van der Waals surface area contributed by atoms with E-state index >= 15 is 0 Å². The van der Waals surface area contributed by atoms with Gasteiger partial charge in [0.1, 0.15) is 5.69 Å². The highest BCUT2D eigenvalue weighted by atomic mass is 35.5. The van der Waals surface area contributed by atoms with Crippen LogP contribution >= 0.6 is 11.6 Å². The van der Waals surface area contributed by atoms with E-state index in [0.717, 1.165) is 11.8 Å². The van der Waals surface area contributed by atoms with Crippen molar-refractivity contribution >= 4 is 42.9 Å². The third-order valence-electron chi connectivity index (χ3n) is 4.96. The summed E-state index contributed by atoms with van der Waals surface area (Å²) in [5, 5.41) is 0.142. The Labute approximate surface area is 205 Å². The number of halogens is 1. The fourth-order valence-electron chi connectivity index (χ4n) is 3.28. The van der Waals surface area contributed by atoms with Crippen LogP contribution in [0.5, 0.6) is 0 Å². The first-order chi connectivity index (χ1) is 15.7. The first-order valence-electron chi connectivity index (χ1n) is 10.3. The largest absolute Gasteiger partial charge is 0.287 e. The molecule has 0 aliphatic heterocycles. The lowest BCUT2D eigenvalue weighted by atomic mass is 9.87. The third-order valence-corrected chi connectivity index (χ3v) is 7.41. The summed E-state index contributed by atoms with van der Waals surface area (Å²) in [7, 11) is -7.34. The molecule has 0 fully saturated rings. The molecule has 0 radical (unpaired) electrons. The molecule has 1 aromatic heterocycles. The number of nitrogens with zero attached hydrogens (tertiary/aromatic N) is 1. The van der Waals surface area contributed by atoms with E-state index in [-0.39, 0.29) is 38.0 Å². The van der Waals surface area contributed by atoms with Crippen LogP contribution in [0.1, 0.15) is 48.0 Å². The average Bonchev–Trinajstić information content (AvgIpc) is 2.71. The summed E-state index contributed by atoms with van der Waals surface area (Å²) in [6.45, 7) is 6.07. The van der Waals surface area contributed by atoms with Gasteiger partial charge in [0.2, 0.25) is 5.78 Å². The number of carbonyl (C=O) groups is 1. The number of ketones is 1. The number of hydrogen-bond acceptors (Lipinski definition) is 6. The standard InChI is InChI=1S/C24H25ClN2O5S2/c1-24(2,3)18-8-10-20(11-9-18)34(31,32)27-21-13-19(25)14-26-22(21)23(28)17-7-5-6-16(12-17)15-33(4,29)30/h5-14,27H,15H2,1-4H3. The molecule has 2 aromatic carbocycles. The lowest BCUT2D eigenvalue weighted by molar-refractivity contribution is 0.103. The zero-order chi connectivity index (χ0) is 25.3. The number of sulfonamides is 1. The van der Waals surface area contributed by atoms with Gasteiger partial charge in [-0.3, -0.25) is 9.52 Å². The highest BCUT2D eigenvalue weighted by Gasteiger charge is 2.23. The molecule has 1 N–H and O–H groups in total. The molecule has 10 heteroatoms. The molecule has 0 aliphatic rings. The maximum atomic E-state index is 13.2. The molecule has 3 rings (SSSR count). The minimum atomic E-state index is -4.04. The first kappa shape index (κ1) is 25.9. The van der Waals surface area contributed by atoms with Gasteiger partial charge in [0.05, 0.1) is 21.4 Å². The number of carbonyl (C=O) groups excluding carboxylic acids is 1. The molecule has 0 saturated heterocycles. The Balaban J connectivity index is 1.97. The fraction of sp³-hybridized carbons (Fsp3) is 0.250. The molecule has 0 atom stereocenters. The van der Waals surface area contributed by atoms with Gasteiger partial charge in [0.15, 0.2) is 9.84 Å². The van der Waals surface area contributed by atoms with Crippen LogP contribution in [0, 0.1) is 0 Å². The van der Waals surface area contributed by atoms with Crippen molar-refractivity contribution < 1.29 is 21.6 Å². The zero-order valence-electron chi connectivity index (χ0n) is 19.2. The van der Waals surface area contributed by atoms with Crippen LogP contribution in [-0.4, -0.2) is 33.9 Å². The van der Waals surface area contributed by atoms with Crippen molar-refractivity contribution in [2.45, 2.75) is 36.8 Å². The van der Waals surface area contributed by atoms with Gasteiger partial charge >= 0.3 is 0 Å². The van der Waals surface area contributed by atoms with E-state index in [9.17, 15) is 21.6 Å². The van der Waals surface area contributed by atoms with Crippen LogP contribution in [0.2, 0.25) is 5.02 Å². The number of sulfone groups is 1. The Bertz CT molecular complexity index is 1440. The zero-order valence-corrected chi connectivity index (χ0v) is 21.6. The van der Waals surface area contributed by atoms with Crippen LogP contribution in [0.4, 0.5) is 5.69 Å². The van der Waals surface area contributed by atoms with Gasteiger partial charge in [-0.25, -0.2) is 21.8 Å². The van der Waals surface area contributed by atoms with E-state index in [1.54, 1.807) is 24.3 Å². The topological polar surface area (TPSA) is 110 Å². The van der Waals surface area contributed by atoms with Crippen LogP contribution in [0.25, 0.3) is 0 Å². The van der Waals surface area contributed by atoms with Gasteiger partial charge in [0, 0.05) is 18.0 Å². The summed E-state index contributed by atoms with van der Waals surface area (Å²) in [6.07, 6.45) is 2.34. The third kappa shape index (κ3) is 6.43. The van der Waals surface area contributed by atoms with Gasteiger partial charge in [-0.1, -0.05) is 62.7 Å². The van der Waals surface area contributed by atoms with Crippen LogP contribution in [0.15, 0.2) is 65.7 Å². The van der Waals surface area contributed by atoms with E-state index in [1.165, 1.54) is 36.5 Å². The smallest absolute Gasteiger partial charge is 0.261 e. The SMILES string of the molecule is CC(C)(C)c1ccc(S(=O)(=O)Nc2cc(Cl)cnc2C(=O)c2cccc(CS(C)(=O)=O)c2)cc1. The summed E-state index contributed by atoms with van der Waals surface area (Å²) >= 11 is 6.04. The molecule has 0 unspecified atom stereocenters. The van der Waals surface area contributed by atoms with Gasteiger partial charge in [-0.05, 0) is 40.8 Å². The summed E-state index contributed by atoms with van der Waals surface area (Å²) in [5.41, 5.74) is 1.20. The minimum Gasteiger partial charge on any atom is -0.287 e. The summed E-state index contributed by atoms with van der Waals surface area (Å²) in [6, 6.07) is 13.9. The molecule has 34 heavy (non-hydrogen) atoms. The van der Waals surface area contributed by atoms with Gasteiger partial charge in [-0.2, -0.15) is 0 Å². The van der Waals surface area contributed by atoms with E-state index in [4.69, 9.17) is 11.6 Å². The number of anilines is 1. The summed E-state index contributed by atoms with van der Waals surface area (Å²) < 4.78 is 51.7. The van der Waals surface area contributed by atoms with E-state index in [2.05, 4.69) is 9.71 Å². The van der Waals surface area contributed by atoms with E-state index < -0.39 is 25.6 Å². The molecule has 3 aromatic rings. The maximum absolute atomic E-state index is 13.2. The van der Waals surface area contributed by atoms with Crippen molar-refractivity contribution in [3.05, 3.63) is 88.2 Å². The second kappa shape index (κ2) is 9.48. The van der Waals surface area contributed by atoms with Gasteiger partial charge in [-0.15, -0.1) is 0 Å². The predicted molar refractivity (Wildman–Crippen MR) is 134 cm³/mol. The average molecular weight is 521 g/mol. The van der Waals surface area contributed by atoms with E-state index in [1.807, 2.05) is 20.8 Å². The Hall–Kier alpha value is -2.75. The molecule has 0 spiro atoms. The Morgan fingerprint density at radius 1 is 1.00 bits per heavy atom. The molecular formula is C24H25ClN2O5S2. The molecule has 0 saturated carbocycles. The fourth-order valence-corrected chi connectivity index (χ4v) is 5.28. The Kier molecular flexibility index (Phi) is 7.21. The molecule has 0 bridgehead atoms. The second-order valence-corrected chi connectivity index (χ2v) is 13.3. The molecular weight excluding hydrogens is 496 g/mol. The van der Waals surface area contributed by atoms with Crippen molar-refractivity contribution in [1.82, 2.24) is 4.98 Å². The lowest BCUT2D eigenvalue weighted by Crippen LogP contribution is -2.18. The van der Waals surface area contributed by atoms with Crippen LogP contribution in [0.3, 0.4) is 0 Å². The highest BCUT2D eigenvalue weighted by molar-refractivity contribution is 7.92. The molecule has 180 valence electrons. The number of benzene rings is 2. The Morgan fingerprint density at radius 2 is 1.65 bits per heavy atom. The number of hydrogen-bond donors (Lipinski definition) is 1. The molecule has 7 nitrogen and oxygen atoms in total. The summed E-state index contributed by atoms with van der Waals surface area (Å²) in [4.78, 5) is 17.3. The number of rotatable bonds is 7. The molecule has 0 aliphatic carbocycles. The van der Waals surface area contributed by atoms with Gasteiger partial charge in [0.25, 0.3) is 10.0 Å². The first-order valence-corrected chi connectivity index (χ1v) is 14.2. The van der Waals surface area contributed by atoms with Crippen molar-refractivity contribution in [3.63, 3.8) is 0 Å². The highest BCUT2D eigenvalue weighted by Crippen LogP contribution is 2.27. The second-order valence-electron chi connectivity index (χ2n) is 9.03. The molecule has 0 amide bonds. The lowest BCUT2D eigenvalue weighted by Gasteiger charge is -2.19. The van der Waals surface area contributed by atoms with Crippen molar-refractivity contribution in [3.8, 4) is 0 Å². The maximum Gasteiger partial charge on any atom is 0.261 e. The number of pyridine rings is 1. The van der Waals surface area contributed by atoms with Gasteiger partial charge < -0.3 is 0 Å². The molecule has 1 heterocycles. The van der Waals surface area contributed by atoms with Crippen molar-refractivity contribution in [2.24, 2.45) is 0 Å². The summed E-state index contributed by atoms with van der Waals surface area (Å²) in [5.74, 6) is -0.806. The predicted octanol–water partition coefficient (Wildman–Crippen LogP) is 4.61. The quantitative estimate of drug-likeness (QED) is 0.455. The van der Waals surface area contributed by atoms with Crippen molar-refractivity contribution in [1.29, 1.82) is 0 Å². The van der Waals surface area contributed by atoms with E-state index in [0.29, 0.717) is 5.56 Å².